The van der Waals surface area contributed by atoms with Crippen LogP contribution < -0.4 is 9.64 Å². The molecule has 148 valence electrons. The number of rotatable bonds is 5. The molecule has 0 spiro atoms. The second-order valence-corrected chi connectivity index (χ2v) is 8.01. The number of anilines is 1. The number of carbonyl (C=O) groups excluding carboxylic acids is 1. The Morgan fingerprint density at radius 1 is 1.10 bits per heavy atom. The maximum absolute atomic E-state index is 12.6. The molecular weight excluding hydrogens is 366 g/mol. The van der Waals surface area contributed by atoms with Gasteiger partial charge in [0.1, 0.15) is 5.75 Å². The van der Waals surface area contributed by atoms with Crippen LogP contribution in [-0.4, -0.2) is 29.7 Å². The number of carbonyl (C=O) groups is 1. The maximum atomic E-state index is 12.6. The normalized spacial score (nSPS) is 20.1. The van der Waals surface area contributed by atoms with Crippen LogP contribution in [0.3, 0.4) is 0 Å². The monoisotopic (exact) mass is 389 g/mol. The molecule has 1 aromatic heterocycles. The molecule has 6 heteroatoms. The lowest BCUT2D eigenvalue weighted by molar-refractivity contribution is -0.117. The standard InChI is InChI=1S/C23H23N3O3/c1-15-3-7-18(8-4-15)26-14-16(13-20(26)27)21-24-22(29-25-21)23(11-12-23)17-5-9-19(28-2)10-6-17/h3-10,16H,11-14H2,1-2H3/t16-/m0/s1. The fourth-order valence-electron chi connectivity index (χ4n) is 4.11. The SMILES string of the molecule is COc1ccc(C2(c3nc([C@H]4CC(=O)N(c5ccc(C)cc5)C4)no3)CC2)cc1. The predicted octanol–water partition coefficient (Wildman–Crippen LogP) is 3.99. The zero-order chi connectivity index (χ0) is 20.0. The van der Waals surface area contributed by atoms with Crippen LogP contribution in [0.2, 0.25) is 0 Å². The topological polar surface area (TPSA) is 68.5 Å². The summed E-state index contributed by atoms with van der Waals surface area (Å²) in [6.07, 6.45) is 2.38. The van der Waals surface area contributed by atoms with Crippen LogP contribution in [0.1, 0.15) is 48.0 Å². The van der Waals surface area contributed by atoms with Crippen molar-refractivity contribution in [2.24, 2.45) is 0 Å². The van der Waals surface area contributed by atoms with Crippen LogP contribution in [0.15, 0.2) is 53.1 Å². The third kappa shape index (κ3) is 3.09. The fourth-order valence-corrected chi connectivity index (χ4v) is 4.11. The molecule has 6 nitrogen and oxygen atoms in total. The molecular formula is C23H23N3O3. The van der Waals surface area contributed by atoms with Crippen LogP contribution >= 0.6 is 0 Å². The summed E-state index contributed by atoms with van der Waals surface area (Å²) in [6, 6.07) is 16.1. The minimum Gasteiger partial charge on any atom is -0.497 e. The first-order chi connectivity index (χ1) is 14.1. The Hall–Kier alpha value is -3.15. The molecule has 1 aliphatic carbocycles. The smallest absolute Gasteiger partial charge is 0.237 e. The van der Waals surface area contributed by atoms with Gasteiger partial charge in [0.15, 0.2) is 5.82 Å². The highest BCUT2D eigenvalue weighted by molar-refractivity contribution is 5.96. The second-order valence-electron chi connectivity index (χ2n) is 8.01. The van der Waals surface area contributed by atoms with Gasteiger partial charge in [-0.25, -0.2) is 0 Å². The van der Waals surface area contributed by atoms with Crippen molar-refractivity contribution in [3.05, 3.63) is 71.4 Å². The highest BCUT2D eigenvalue weighted by atomic mass is 16.5. The Balaban J connectivity index is 1.36. The van der Waals surface area contributed by atoms with Crippen LogP contribution in [0.5, 0.6) is 5.75 Å². The zero-order valence-corrected chi connectivity index (χ0v) is 16.6. The molecule has 0 radical (unpaired) electrons. The molecule has 29 heavy (non-hydrogen) atoms. The van der Waals surface area contributed by atoms with E-state index in [1.165, 1.54) is 5.56 Å². The predicted molar refractivity (Wildman–Crippen MR) is 108 cm³/mol. The van der Waals surface area contributed by atoms with E-state index in [0.29, 0.717) is 24.7 Å². The largest absolute Gasteiger partial charge is 0.497 e. The number of benzene rings is 2. The lowest BCUT2D eigenvalue weighted by Gasteiger charge is -2.16. The summed E-state index contributed by atoms with van der Waals surface area (Å²) in [5, 5.41) is 4.25. The van der Waals surface area contributed by atoms with Gasteiger partial charge in [-0.05, 0) is 49.6 Å². The van der Waals surface area contributed by atoms with Crippen molar-refractivity contribution in [2.45, 2.75) is 37.5 Å². The lowest BCUT2D eigenvalue weighted by atomic mass is 9.96. The van der Waals surface area contributed by atoms with Crippen molar-refractivity contribution in [2.75, 3.05) is 18.6 Å². The van der Waals surface area contributed by atoms with Gasteiger partial charge in [0.2, 0.25) is 11.8 Å². The van der Waals surface area contributed by atoms with Gasteiger partial charge in [0, 0.05) is 24.6 Å². The molecule has 0 N–H and O–H groups in total. The summed E-state index contributed by atoms with van der Waals surface area (Å²) in [5.41, 5.74) is 3.06. The Morgan fingerprint density at radius 2 is 1.83 bits per heavy atom. The third-order valence-electron chi connectivity index (χ3n) is 6.08. The van der Waals surface area contributed by atoms with Crippen LogP contribution in [0, 0.1) is 6.92 Å². The summed E-state index contributed by atoms with van der Waals surface area (Å²) < 4.78 is 10.9. The van der Waals surface area contributed by atoms with Gasteiger partial charge in [0.25, 0.3) is 0 Å². The molecule has 2 heterocycles. The summed E-state index contributed by atoms with van der Waals surface area (Å²) >= 11 is 0. The first-order valence-electron chi connectivity index (χ1n) is 9.95. The number of aryl methyl sites for hydroxylation is 1. The van der Waals surface area contributed by atoms with Crippen molar-refractivity contribution < 1.29 is 14.1 Å². The van der Waals surface area contributed by atoms with E-state index in [2.05, 4.69) is 17.3 Å². The van der Waals surface area contributed by atoms with Crippen molar-refractivity contribution in [3.8, 4) is 5.75 Å². The zero-order valence-electron chi connectivity index (χ0n) is 16.6. The molecule has 1 amide bonds. The van der Waals surface area contributed by atoms with E-state index >= 15 is 0 Å². The van der Waals surface area contributed by atoms with E-state index in [0.717, 1.165) is 29.8 Å². The van der Waals surface area contributed by atoms with Gasteiger partial charge in [-0.1, -0.05) is 35.0 Å². The lowest BCUT2D eigenvalue weighted by Crippen LogP contribution is -2.24. The number of aromatic nitrogens is 2. The highest BCUT2D eigenvalue weighted by Crippen LogP contribution is 2.53. The number of hydrogen-bond donors (Lipinski definition) is 0. The number of hydrogen-bond acceptors (Lipinski definition) is 5. The number of nitrogens with zero attached hydrogens (tertiary/aromatic N) is 3. The van der Waals surface area contributed by atoms with Gasteiger partial charge in [0.05, 0.1) is 12.5 Å². The number of methoxy groups -OCH3 is 1. The van der Waals surface area contributed by atoms with Gasteiger partial charge < -0.3 is 14.2 Å². The van der Waals surface area contributed by atoms with E-state index in [9.17, 15) is 4.79 Å². The minimum absolute atomic E-state index is 0.0482. The summed E-state index contributed by atoms with van der Waals surface area (Å²) in [7, 11) is 1.66. The molecule has 0 unspecified atom stereocenters. The number of ether oxygens (including phenoxy) is 1. The van der Waals surface area contributed by atoms with Crippen LogP contribution in [0.25, 0.3) is 0 Å². The quantitative estimate of drug-likeness (QED) is 0.660. The van der Waals surface area contributed by atoms with E-state index in [1.807, 2.05) is 48.2 Å². The van der Waals surface area contributed by atoms with E-state index < -0.39 is 0 Å². The minimum atomic E-state index is -0.198. The molecule has 1 saturated carbocycles. The molecule has 0 bridgehead atoms. The first-order valence-corrected chi connectivity index (χ1v) is 9.95. The molecule has 2 aromatic carbocycles. The average molecular weight is 389 g/mol. The summed E-state index contributed by atoms with van der Waals surface area (Å²) in [4.78, 5) is 19.1. The van der Waals surface area contributed by atoms with Crippen molar-refractivity contribution in [1.82, 2.24) is 10.1 Å². The van der Waals surface area contributed by atoms with Crippen molar-refractivity contribution in [1.29, 1.82) is 0 Å². The van der Waals surface area contributed by atoms with E-state index in [-0.39, 0.29) is 17.2 Å². The summed E-state index contributed by atoms with van der Waals surface area (Å²) in [6.45, 7) is 2.62. The van der Waals surface area contributed by atoms with Crippen LogP contribution in [-0.2, 0) is 10.2 Å². The maximum Gasteiger partial charge on any atom is 0.237 e. The Labute approximate surface area is 169 Å². The Kier molecular flexibility index (Phi) is 4.15. The van der Waals surface area contributed by atoms with E-state index in [4.69, 9.17) is 14.2 Å². The first kappa shape index (κ1) is 17.9. The third-order valence-corrected chi connectivity index (χ3v) is 6.08. The molecule has 1 aliphatic heterocycles. The highest BCUT2D eigenvalue weighted by Gasteiger charge is 2.51. The molecule has 5 rings (SSSR count). The van der Waals surface area contributed by atoms with Crippen molar-refractivity contribution in [3.63, 3.8) is 0 Å². The second kappa shape index (κ2) is 6.72. The molecule has 2 aliphatic rings. The van der Waals surface area contributed by atoms with Crippen molar-refractivity contribution >= 4 is 11.6 Å². The Bertz CT molecular complexity index is 1040. The summed E-state index contributed by atoms with van der Waals surface area (Å²) in [5.74, 6) is 2.16. The van der Waals surface area contributed by atoms with Gasteiger partial charge >= 0.3 is 0 Å². The molecule has 1 saturated heterocycles. The van der Waals surface area contributed by atoms with Gasteiger partial charge in [-0.2, -0.15) is 4.98 Å². The van der Waals surface area contributed by atoms with Crippen LogP contribution in [0.4, 0.5) is 5.69 Å². The Morgan fingerprint density at radius 3 is 2.48 bits per heavy atom. The molecule has 3 aromatic rings. The van der Waals surface area contributed by atoms with E-state index in [1.54, 1.807) is 7.11 Å². The fraction of sp³-hybridized carbons (Fsp3) is 0.348. The van der Waals surface area contributed by atoms with Gasteiger partial charge in [-0.15, -0.1) is 0 Å². The molecule has 1 atom stereocenters. The molecule has 2 fully saturated rings. The number of amides is 1. The average Bonchev–Trinajstić information content (AvgIpc) is 3.23. The van der Waals surface area contributed by atoms with Gasteiger partial charge in [-0.3, -0.25) is 4.79 Å².